The molecule has 14 rings (SSSR count). The smallest absolute Gasteiger partial charge is 0.170 e. The predicted molar refractivity (Wildman–Crippen MR) is 452 cm³/mol. The first-order valence-corrected chi connectivity index (χ1v) is 38.1. The molecule has 0 aliphatic heterocycles. The van der Waals surface area contributed by atoms with E-state index in [9.17, 15) is 21.0 Å². The number of anilines is 8. The molecule has 0 aromatic heterocycles. The van der Waals surface area contributed by atoms with E-state index in [-0.39, 0.29) is 91.2 Å². The molecule has 115 heavy (non-hydrogen) atoms. The largest absolute Gasteiger partial charge is 0.456 e. The third kappa shape index (κ3) is 18.3. The lowest BCUT2D eigenvalue weighted by Gasteiger charge is -2.39. The third-order valence-corrected chi connectivity index (χ3v) is 19.3. The van der Waals surface area contributed by atoms with Crippen LogP contribution < -0.4 is 59.2 Å². The van der Waals surface area contributed by atoms with Gasteiger partial charge in [-0.15, -0.1) is 0 Å². The van der Waals surface area contributed by atoms with Crippen LogP contribution in [0.1, 0.15) is 97.9 Å². The number of hydrogen-bond acceptors (Lipinski definition) is 16. The van der Waals surface area contributed by atoms with E-state index in [1.54, 1.807) is 72.8 Å². The van der Waals surface area contributed by atoms with Gasteiger partial charge in [-0.05, 0) is 218 Å². The fraction of sp³-hybridized carbons (Fsp3) is 0.111. The van der Waals surface area contributed by atoms with Crippen LogP contribution in [0.2, 0.25) is 0 Å². The van der Waals surface area contributed by atoms with Gasteiger partial charge < -0.3 is 59.2 Å². The van der Waals surface area contributed by atoms with Crippen molar-refractivity contribution in [2.45, 2.75) is 71.6 Å². The van der Waals surface area contributed by atoms with Crippen LogP contribution in [-0.4, -0.2) is 0 Å². The van der Waals surface area contributed by atoms with Gasteiger partial charge in [0.05, 0.1) is 0 Å². The first-order valence-electron chi connectivity index (χ1n) is 38.1. The lowest BCUT2D eigenvalue weighted by Crippen LogP contribution is -2.31. The van der Waals surface area contributed by atoms with E-state index in [1.807, 2.05) is 243 Å². The summed E-state index contributed by atoms with van der Waals surface area (Å²) < 4.78 is 55.0. The van der Waals surface area contributed by atoms with Crippen molar-refractivity contribution in [2.24, 2.45) is 0 Å². The van der Waals surface area contributed by atoms with Crippen LogP contribution in [0.15, 0.2) is 315 Å². The fourth-order valence-corrected chi connectivity index (χ4v) is 14.1. The Balaban J connectivity index is 0.905. The van der Waals surface area contributed by atoms with Gasteiger partial charge in [0.2, 0.25) is 0 Å². The van der Waals surface area contributed by atoms with Gasteiger partial charge in [0.1, 0.15) is 116 Å². The molecule has 0 spiro atoms. The van der Waals surface area contributed by atoms with Crippen molar-refractivity contribution in [1.29, 1.82) is 21.0 Å². The summed E-state index contributed by atoms with van der Waals surface area (Å²) in [5.41, 5.74) is 9.81. The Morgan fingerprint density at radius 3 is 0.678 bits per heavy atom. The Kier molecular flexibility index (Phi) is 24.2. The van der Waals surface area contributed by atoms with Gasteiger partial charge in [0.25, 0.3) is 0 Å². The van der Waals surface area contributed by atoms with E-state index in [1.165, 1.54) is 0 Å². The number of para-hydroxylation sites is 4. The monoisotopic (exact) mass is 1510 g/mol. The lowest BCUT2D eigenvalue weighted by molar-refractivity contribution is 0.390. The number of rotatable bonds is 32. The quantitative estimate of drug-likeness (QED) is 0.0308. The Bertz CT molecular complexity index is 5590. The minimum atomic E-state index is -0.873. The molecule has 0 aliphatic rings. The van der Waals surface area contributed by atoms with Gasteiger partial charge in [0.15, 0.2) is 23.0 Å². The van der Waals surface area contributed by atoms with Crippen molar-refractivity contribution in [2.75, 3.05) is 21.3 Å². The normalized spacial score (nSPS) is 10.8. The molecule has 0 radical (unpaired) electrons. The van der Waals surface area contributed by atoms with Crippen molar-refractivity contribution in [1.82, 2.24) is 0 Å². The maximum atomic E-state index is 11.3. The summed E-state index contributed by atoms with van der Waals surface area (Å²) in [7, 11) is 0. The van der Waals surface area contributed by atoms with E-state index < -0.39 is 5.41 Å². The summed E-state index contributed by atoms with van der Waals surface area (Å²) in [4.78, 5) is 0. The first kappa shape index (κ1) is 76.4. The van der Waals surface area contributed by atoms with E-state index in [4.69, 9.17) is 37.9 Å². The summed E-state index contributed by atoms with van der Waals surface area (Å²) in [5.74, 6) is 4.50. The second-order valence-electron chi connectivity index (χ2n) is 27.1. The molecule has 14 aromatic rings. The van der Waals surface area contributed by atoms with E-state index in [2.05, 4.69) is 73.2 Å². The van der Waals surface area contributed by atoms with Gasteiger partial charge in [-0.2, -0.15) is 21.0 Å². The van der Waals surface area contributed by atoms with Crippen LogP contribution in [0.4, 0.5) is 45.5 Å². The molecular weight excluding hydrogens is 1430 g/mol. The summed E-state index contributed by atoms with van der Waals surface area (Å²) >= 11 is 0. The average molecular weight is 1510 g/mol. The Labute approximate surface area is 669 Å². The minimum absolute atomic E-state index is 0.105. The van der Waals surface area contributed by atoms with Crippen molar-refractivity contribution in [3.05, 3.63) is 360 Å². The van der Waals surface area contributed by atoms with Crippen molar-refractivity contribution < 1.29 is 37.9 Å². The standard InChI is InChI=1S/C99H80N8O8/c1-5-53-99(54-6-2,85-61-97(114-93-51-27-47-89(83(93)65-102)110-79-43-23-39-75(59-79)106-71-33-17-11-18-34-71)95(55-67(85)7-3)112-91-49-25-45-87(81(91)63-100)108-77-41-21-37-73(57-77)104-69-29-13-9-14-30-69)86-62-98(115-94-52-28-48-90(84(94)66-103)111-80-44-24-40-76(60-80)107-72-35-19-12-20-36-72)96(56-68(86)8-4)113-92-50-26-46-88(82(92)64-101)109-78-42-22-38-74(58-78)105-70-31-15-10-16-32-70/h9-52,55-62,104-107H,5-8,53-54H2,1-4H3. The third-order valence-electron chi connectivity index (χ3n) is 19.3. The Morgan fingerprint density at radius 2 is 0.452 bits per heavy atom. The molecule has 0 atom stereocenters. The second-order valence-corrected chi connectivity index (χ2v) is 27.1. The zero-order valence-corrected chi connectivity index (χ0v) is 63.8. The first-order chi connectivity index (χ1) is 56.5. The lowest BCUT2D eigenvalue weighted by atomic mass is 9.65. The molecular formula is C99H80N8O8. The molecule has 4 N–H and O–H groups in total. The molecule has 0 heterocycles. The molecule has 0 aliphatic carbocycles. The van der Waals surface area contributed by atoms with Crippen LogP contribution in [0.5, 0.6) is 92.0 Å². The molecule has 0 fully saturated rings. The molecule has 0 saturated carbocycles. The number of benzene rings is 14. The summed E-state index contributed by atoms with van der Waals surface area (Å²) in [6.07, 6.45) is 3.57. The van der Waals surface area contributed by atoms with Crippen LogP contribution in [0, 0.1) is 45.3 Å². The molecule has 16 heteroatoms. The summed E-state index contributed by atoms with van der Waals surface area (Å²) in [6, 6.07) is 107. The van der Waals surface area contributed by atoms with Gasteiger partial charge in [-0.3, -0.25) is 0 Å². The molecule has 0 saturated heterocycles. The van der Waals surface area contributed by atoms with Crippen LogP contribution in [0.3, 0.4) is 0 Å². The van der Waals surface area contributed by atoms with Crippen LogP contribution in [-0.2, 0) is 18.3 Å². The topological polar surface area (TPSA) is 217 Å². The second kappa shape index (κ2) is 36.4. The van der Waals surface area contributed by atoms with E-state index in [0.29, 0.717) is 61.5 Å². The van der Waals surface area contributed by atoms with Gasteiger partial charge in [-0.25, -0.2) is 0 Å². The molecule has 0 amide bonds. The SMILES string of the molecule is CCCC(CCC)(c1cc(Oc2cccc(Oc3cccc(Nc4ccccc4)c3)c2C#N)c(Oc2cccc(Oc3cccc(Nc4ccccc4)c3)c2C#N)cc1CC)c1cc(Oc2cccc(Oc3cccc(Nc4ccccc4)c3)c2C#N)c(Oc2cccc(Oc3cccc(Nc4ccccc4)c3)c2C#N)cc1CC. The number of aryl methyl sites for hydroxylation is 2. The van der Waals surface area contributed by atoms with Crippen molar-refractivity contribution in [3.63, 3.8) is 0 Å². The highest BCUT2D eigenvalue weighted by Crippen LogP contribution is 2.53. The summed E-state index contributed by atoms with van der Waals surface area (Å²) in [5, 5.41) is 58.8. The van der Waals surface area contributed by atoms with E-state index in [0.717, 1.165) is 67.8 Å². The fourth-order valence-electron chi connectivity index (χ4n) is 14.1. The molecule has 0 unspecified atom stereocenters. The van der Waals surface area contributed by atoms with Crippen LogP contribution in [0.25, 0.3) is 0 Å². The van der Waals surface area contributed by atoms with Crippen molar-refractivity contribution in [3.8, 4) is 116 Å². The maximum absolute atomic E-state index is 11.3. The Morgan fingerprint density at radius 1 is 0.235 bits per heavy atom. The molecule has 16 nitrogen and oxygen atoms in total. The highest BCUT2D eigenvalue weighted by molar-refractivity contribution is 5.70. The van der Waals surface area contributed by atoms with Gasteiger partial charge in [-0.1, -0.05) is 162 Å². The number of hydrogen-bond donors (Lipinski definition) is 4. The predicted octanol–water partition coefficient (Wildman–Crippen LogP) is 27.5. The summed E-state index contributed by atoms with van der Waals surface area (Å²) in [6.45, 7) is 8.49. The highest BCUT2D eigenvalue weighted by Gasteiger charge is 2.39. The average Bonchev–Trinajstić information content (AvgIpc) is 0.739. The Hall–Kier alpha value is -15.4. The van der Waals surface area contributed by atoms with Crippen LogP contribution >= 0.6 is 0 Å². The highest BCUT2D eigenvalue weighted by atomic mass is 16.5. The van der Waals surface area contributed by atoms with E-state index >= 15 is 0 Å². The molecule has 14 aromatic carbocycles. The van der Waals surface area contributed by atoms with Gasteiger partial charge in [0, 0.05) is 75.2 Å². The zero-order chi connectivity index (χ0) is 79.3. The number of ether oxygens (including phenoxy) is 8. The minimum Gasteiger partial charge on any atom is -0.456 e. The molecule has 564 valence electrons. The number of nitrogens with one attached hydrogen (secondary N) is 4. The molecule has 0 bridgehead atoms. The zero-order valence-electron chi connectivity index (χ0n) is 63.8. The van der Waals surface area contributed by atoms with Gasteiger partial charge >= 0.3 is 0 Å². The maximum Gasteiger partial charge on any atom is 0.170 e. The number of nitriles is 4. The number of nitrogens with zero attached hydrogens (tertiary/aromatic N) is 4. The van der Waals surface area contributed by atoms with Crippen molar-refractivity contribution >= 4 is 45.5 Å².